The molecular weight excluding hydrogens is 501 g/mol. The molecule has 0 spiro atoms. The molecule has 3 N–H and O–H groups in total. The summed E-state index contributed by atoms with van der Waals surface area (Å²) in [5.41, 5.74) is 3.87. The fourth-order valence-electron chi connectivity index (χ4n) is 5.39. The number of aliphatic carboxylic acids is 1. The number of benzene rings is 2. The number of nitrogens with one attached hydrogen (secondary N) is 2. The number of carboxylic acid groups (broad SMARTS) is 1. The second-order valence-electron chi connectivity index (χ2n) is 9.79. The number of nitrogens with zero attached hydrogens (tertiary/aromatic N) is 2. The smallest absolute Gasteiger partial charge is 0.475 e. The van der Waals surface area contributed by atoms with Gasteiger partial charge in [0.15, 0.2) is 0 Å². The average molecular weight is 533 g/mol. The number of anilines is 2. The van der Waals surface area contributed by atoms with E-state index in [0.717, 1.165) is 48.4 Å². The Labute approximate surface area is 218 Å². The van der Waals surface area contributed by atoms with E-state index in [-0.39, 0.29) is 23.9 Å². The Morgan fingerprint density at radius 3 is 2.29 bits per heavy atom. The van der Waals surface area contributed by atoms with Gasteiger partial charge in [0.05, 0.1) is 6.04 Å². The summed E-state index contributed by atoms with van der Waals surface area (Å²) in [5.74, 6) is -2.47. The number of hydrogen-bond donors (Lipinski definition) is 3. The van der Waals surface area contributed by atoms with E-state index in [2.05, 4.69) is 23.6 Å². The zero-order valence-electron chi connectivity index (χ0n) is 21.2. The number of fused-ring (bicyclic) bond motifs is 3. The molecule has 8 nitrogen and oxygen atoms in total. The van der Waals surface area contributed by atoms with Crippen LogP contribution in [0.1, 0.15) is 55.1 Å². The first-order chi connectivity index (χ1) is 18.0. The number of hydrogen-bond acceptors (Lipinski definition) is 5. The molecule has 2 aromatic rings. The summed E-state index contributed by atoms with van der Waals surface area (Å²) in [6, 6.07) is 17.0. The Kier molecular flexibility index (Phi) is 7.96. The van der Waals surface area contributed by atoms with Gasteiger partial charge in [0.2, 0.25) is 5.91 Å². The van der Waals surface area contributed by atoms with Crippen molar-refractivity contribution in [2.45, 2.75) is 63.5 Å². The van der Waals surface area contributed by atoms with Crippen molar-refractivity contribution in [3.8, 4) is 0 Å². The number of piperazine rings is 1. The van der Waals surface area contributed by atoms with Crippen LogP contribution in [0.4, 0.5) is 24.5 Å². The predicted molar refractivity (Wildman–Crippen MR) is 136 cm³/mol. The number of likely N-dealkylation sites (tertiary alicyclic amines) is 1. The van der Waals surface area contributed by atoms with Crippen LogP contribution in [0.5, 0.6) is 0 Å². The fraction of sp³-hybridized carbons (Fsp3) is 0.444. The minimum Gasteiger partial charge on any atom is -0.475 e. The first-order valence-electron chi connectivity index (χ1n) is 12.6. The molecule has 3 heterocycles. The number of para-hydroxylation sites is 1. The van der Waals surface area contributed by atoms with Crippen molar-refractivity contribution in [2.75, 3.05) is 23.3 Å². The summed E-state index contributed by atoms with van der Waals surface area (Å²) in [7, 11) is 0. The van der Waals surface area contributed by atoms with Gasteiger partial charge < -0.3 is 25.5 Å². The zero-order chi connectivity index (χ0) is 27.6. The van der Waals surface area contributed by atoms with Crippen molar-refractivity contribution >= 4 is 29.2 Å². The maximum absolute atomic E-state index is 12.9. The van der Waals surface area contributed by atoms with Crippen LogP contribution in [0.3, 0.4) is 0 Å². The molecule has 2 aromatic carbocycles. The van der Waals surface area contributed by atoms with E-state index in [9.17, 15) is 22.8 Å². The van der Waals surface area contributed by atoms with Gasteiger partial charge in [-0.3, -0.25) is 9.59 Å². The van der Waals surface area contributed by atoms with Gasteiger partial charge in [0, 0.05) is 54.6 Å². The third-order valence-electron chi connectivity index (χ3n) is 7.19. The standard InChI is InChI=1S/C25H30N4O2.C2HF3O2/c1-3-24(30)29-16(2)12-22(21-6-4-5-7-23(21)29)27-18-10-8-17(9-11-18)25(31)28-15-19-13-20(28)14-26-19;3-2(4,5)1(6)7/h4-11,16,19-20,22,26-27H,3,12-15H2,1-2H3;(H,6,7)/t16-,19?,20?,22+;/m0./s1. The molecule has 38 heavy (non-hydrogen) atoms. The minimum atomic E-state index is -5.08. The molecule has 3 aliphatic rings. The Morgan fingerprint density at radius 2 is 1.74 bits per heavy atom. The number of amides is 2. The summed E-state index contributed by atoms with van der Waals surface area (Å²) >= 11 is 0. The molecule has 11 heteroatoms. The van der Waals surface area contributed by atoms with E-state index >= 15 is 0 Å². The molecular formula is C27H31F3N4O4. The van der Waals surface area contributed by atoms with Crippen LogP contribution in [-0.2, 0) is 9.59 Å². The lowest BCUT2D eigenvalue weighted by molar-refractivity contribution is -0.192. The number of carbonyl (C=O) groups is 3. The van der Waals surface area contributed by atoms with Crippen LogP contribution >= 0.6 is 0 Å². The third-order valence-corrected chi connectivity index (χ3v) is 7.19. The first-order valence-corrected chi connectivity index (χ1v) is 12.6. The normalized spacial score (nSPS) is 23.8. The maximum Gasteiger partial charge on any atom is 0.490 e. The van der Waals surface area contributed by atoms with Crippen molar-refractivity contribution < 1.29 is 32.7 Å². The highest BCUT2D eigenvalue weighted by molar-refractivity contribution is 5.96. The molecule has 0 saturated carbocycles. The Bertz CT molecular complexity index is 1190. The van der Waals surface area contributed by atoms with Crippen LogP contribution in [0.15, 0.2) is 48.5 Å². The lowest BCUT2D eigenvalue weighted by Gasteiger charge is -2.40. The SMILES string of the molecule is CCC(=O)N1c2ccccc2[C@H](Nc2ccc(C(=O)N3CC4CC3CN4)cc2)C[C@@H]1C.O=C(O)C(F)(F)F. The van der Waals surface area contributed by atoms with Gasteiger partial charge in [-0.15, -0.1) is 0 Å². The van der Waals surface area contributed by atoms with Gasteiger partial charge in [-0.25, -0.2) is 4.79 Å². The van der Waals surface area contributed by atoms with Crippen molar-refractivity contribution in [1.82, 2.24) is 10.2 Å². The van der Waals surface area contributed by atoms with E-state index in [0.29, 0.717) is 18.5 Å². The highest BCUT2D eigenvalue weighted by atomic mass is 19.4. The topological polar surface area (TPSA) is 102 Å². The number of rotatable bonds is 4. The Morgan fingerprint density at radius 1 is 1.08 bits per heavy atom. The summed E-state index contributed by atoms with van der Waals surface area (Å²) in [6.07, 6.45) is -2.67. The monoisotopic (exact) mass is 532 g/mol. The second-order valence-corrected chi connectivity index (χ2v) is 9.79. The summed E-state index contributed by atoms with van der Waals surface area (Å²) in [6.45, 7) is 5.74. The molecule has 0 aromatic heterocycles. The van der Waals surface area contributed by atoms with Gasteiger partial charge in [-0.1, -0.05) is 25.1 Å². The molecule has 0 radical (unpaired) electrons. The molecule has 2 amide bonds. The lowest BCUT2D eigenvalue weighted by Crippen LogP contribution is -2.46. The highest BCUT2D eigenvalue weighted by Crippen LogP contribution is 2.39. The molecule has 2 unspecified atom stereocenters. The van der Waals surface area contributed by atoms with Gasteiger partial charge in [-0.05, 0) is 55.7 Å². The second kappa shape index (κ2) is 11.0. The number of alkyl halides is 3. The quantitative estimate of drug-likeness (QED) is 0.546. The highest BCUT2D eigenvalue weighted by Gasteiger charge is 2.40. The van der Waals surface area contributed by atoms with Crippen molar-refractivity contribution in [3.05, 3.63) is 59.7 Å². The molecule has 4 atom stereocenters. The molecule has 204 valence electrons. The van der Waals surface area contributed by atoms with Crippen LogP contribution in [0, 0.1) is 0 Å². The van der Waals surface area contributed by atoms with Crippen LogP contribution < -0.4 is 15.5 Å². The maximum atomic E-state index is 12.9. The molecule has 5 rings (SSSR count). The summed E-state index contributed by atoms with van der Waals surface area (Å²) in [5, 5.41) is 14.2. The van der Waals surface area contributed by atoms with Crippen molar-refractivity contribution in [3.63, 3.8) is 0 Å². The largest absolute Gasteiger partial charge is 0.490 e. The number of halogens is 3. The fourth-order valence-corrected chi connectivity index (χ4v) is 5.39. The zero-order valence-corrected chi connectivity index (χ0v) is 21.2. The van der Waals surface area contributed by atoms with Crippen LogP contribution in [-0.4, -0.2) is 65.2 Å². The van der Waals surface area contributed by atoms with E-state index in [1.54, 1.807) is 0 Å². The molecule has 2 bridgehead atoms. The van der Waals surface area contributed by atoms with Gasteiger partial charge in [0.25, 0.3) is 5.91 Å². The summed E-state index contributed by atoms with van der Waals surface area (Å²) < 4.78 is 31.7. The summed E-state index contributed by atoms with van der Waals surface area (Å²) in [4.78, 5) is 38.3. The van der Waals surface area contributed by atoms with E-state index in [4.69, 9.17) is 9.90 Å². The molecule has 2 fully saturated rings. The Hall–Kier alpha value is -3.60. The van der Waals surface area contributed by atoms with Gasteiger partial charge in [-0.2, -0.15) is 13.2 Å². The van der Waals surface area contributed by atoms with E-state index in [1.807, 2.05) is 59.2 Å². The minimum absolute atomic E-state index is 0.119. The number of carbonyl (C=O) groups excluding carboxylic acids is 2. The Balaban J connectivity index is 0.000000426. The van der Waals surface area contributed by atoms with Gasteiger partial charge in [0.1, 0.15) is 0 Å². The van der Waals surface area contributed by atoms with Crippen LogP contribution in [0.25, 0.3) is 0 Å². The lowest BCUT2D eigenvalue weighted by atomic mass is 9.91. The van der Waals surface area contributed by atoms with E-state index < -0.39 is 12.1 Å². The predicted octanol–water partition coefficient (Wildman–Crippen LogP) is 4.19. The molecule has 2 saturated heterocycles. The molecule has 3 aliphatic heterocycles. The van der Waals surface area contributed by atoms with Crippen molar-refractivity contribution in [2.24, 2.45) is 0 Å². The van der Waals surface area contributed by atoms with Crippen molar-refractivity contribution in [1.29, 1.82) is 0 Å². The first kappa shape index (κ1) is 27.4. The third kappa shape index (κ3) is 5.77. The van der Waals surface area contributed by atoms with Crippen LogP contribution in [0.2, 0.25) is 0 Å². The number of carboxylic acids is 1. The van der Waals surface area contributed by atoms with E-state index in [1.165, 1.54) is 0 Å². The average Bonchev–Trinajstić information content (AvgIpc) is 3.52. The van der Waals surface area contributed by atoms with Gasteiger partial charge >= 0.3 is 12.1 Å². The molecule has 0 aliphatic carbocycles.